The minimum absolute atomic E-state index is 0.231. The molecular formula is C47H38F6N4. The van der Waals surface area contributed by atoms with Crippen molar-refractivity contribution < 1.29 is 26.3 Å². The van der Waals surface area contributed by atoms with Crippen molar-refractivity contribution in [2.24, 2.45) is 0 Å². The maximum Gasteiger partial charge on any atom is 0.411 e. The Morgan fingerprint density at radius 3 is 0.912 bits per heavy atom. The van der Waals surface area contributed by atoms with Gasteiger partial charge < -0.3 is 0 Å². The van der Waals surface area contributed by atoms with E-state index in [0.29, 0.717) is 44.6 Å². The summed E-state index contributed by atoms with van der Waals surface area (Å²) in [6.07, 6.45) is -11.5. The van der Waals surface area contributed by atoms with E-state index in [4.69, 9.17) is 19.9 Å². The topological polar surface area (TPSA) is 51.6 Å². The molecule has 0 aliphatic rings. The molecule has 0 spiro atoms. The fourth-order valence-electron chi connectivity index (χ4n) is 7.46. The number of hydrogen-bond acceptors (Lipinski definition) is 4. The van der Waals surface area contributed by atoms with E-state index in [9.17, 15) is 0 Å². The molecule has 288 valence electrons. The second-order valence-corrected chi connectivity index (χ2v) is 16.6. The zero-order valence-corrected chi connectivity index (χ0v) is 32.1. The summed E-state index contributed by atoms with van der Waals surface area (Å²) in [6, 6.07) is 31.1. The Bertz CT molecular complexity index is 2630. The number of alkyl halides is 6. The molecule has 0 amide bonds. The Morgan fingerprint density at radius 2 is 0.614 bits per heavy atom. The summed E-state index contributed by atoms with van der Waals surface area (Å²) in [6.45, 7) is 12.3. The van der Waals surface area contributed by atoms with Gasteiger partial charge in [0.15, 0.2) is 0 Å². The molecule has 0 aliphatic heterocycles. The van der Waals surface area contributed by atoms with Crippen molar-refractivity contribution in [3.8, 4) is 22.5 Å². The average molecular weight is 773 g/mol. The minimum Gasteiger partial charge on any atom is -0.250 e. The van der Waals surface area contributed by atoms with Gasteiger partial charge in [-0.05, 0) is 35.4 Å². The van der Waals surface area contributed by atoms with Crippen LogP contribution in [0.1, 0.15) is 64.1 Å². The van der Waals surface area contributed by atoms with E-state index in [1.165, 1.54) is 24.3 Å². The lowest BCUT2D eigenvalue weighted by atomic mass is 9.72. The van der Waals surface area contributed by atoms with Gasteiger partial charge in [-0.1, -0.05) is 139 Å². The summed E-state index contributed by atoms with van der Waals surface area (Å²) >= 11 is 0. The molecule has 4 nitrogen and oxygen atoms in total. The maximum absolute atomic E-state index is 15.2. The fourth-order valence-corrected chi connectivity index (χ4v) is 7.46. The van der Waals surface area contributed by atoms with Crippen molar-refractivity contribution in [3.05, 3.63) is 144 Å². The maximum atomic E-state index is 15.2. The Kier molecular flexibility index (Phi) is 8.72. The van der Waals surface area contributed by atoms with Gasteiger partial charge in [-0.3, -0.25) is 0 Å². The van der Waals surface area contributed by atoms with Crippen molar-refractivity contribution in [2.45, 2.75) is 70.1 Å². The van der Waals surface area contributed by atoms with E-state index in [-0.39, 0.29) is 10.8 Å². The fraction of sp³-hybridized carbons (Fsp3) is 0.234. The Balaban J connectivity index is 1.20. The third kappa shape index (κ3) is 6.45. The van der Waals surface area contributed by atoms with Gasteiger partial charge in [0.05, 0.1) is 33.5 Å². The highest BCUT2D eigenvalue weighted by Crippen LogP contribution is 2.56. The minimum atomic E-state index is -5.75. The Labute approximate surface area is 325 Å². The highest BCUT2D eigenvalue weighted by atomic mass is 19.4. The second kappa shape index (κ2) is 13.1. The van der Waals surface area contributed by atoms with E-state index in [0.717, 1.165) is 57.2 Å². The molecule has 10 heteroatoms. The number of pyridine rings is 4. The van der Waals surface area contributed by atoms with Crippen LogP contribution in [0, 0.1) is 0 Å². The molecule has 4 aromatic carbocycles. The number of hydrogen-bond donors (Lipinski definition) is 0. The molecule has 0 atom stereocenters. The van der Waals surface area contributed by atoms with Gasteiger partial charge >= 0.3 is 12.4 Å². The van der Waals surface area contributed by atoms with E-state index in [1.54, 1.807) is 12.1 Å². The number of benzene rings is 4. The van der Waals surface area contributed by atoms with E-state index in [1.807, 2.05) is 102 Å². The Hall–Kier alpha value is -5.90. The van der Waals surface area contributed by atoms with Crippen molar-refractivity contribution in [2.75, 3.05) is 0 Å². The van der Waals surface area contributed by atoms with Crippen LogP contribution in [0.2, 0.25) is 0 Å². The number of fused-ring (bicyclic) bond motifs is 6. The number of aromatic nitrogens is 4. The van der Waals surface area contributed by atoms with Crippen LogP contribution >= 0.6 is 0 Å². The average Bonchev–Trinajstić information content (AvgIpc) is 3.16. The van der Waals surface area contributed by atoms with Crippen molar-refractivity contribution in [3.63, 3.8) is 0 Å². The van der Waals surface area contributed by atoms with E-state index in [2.05, 4.69) is 0 Å². The second-order valence-electron chi connectivity index (χ2n) is 16.6. The Morgan fingerprint density at radius 1 is 0.333 bits per heavy atom. The van der Waals surface area contributed by atoms with E-state index < -0.39 is 28.9 Å². The van der Waals surface area contributed by atoms with Gasteiger partial charge in [0.25, 0.3) is 0 Å². The predicted octanol–water partition coefficient (Wildman–Crippen LogP) is 13.2. The van der Waals surface area contributed by atoms with Crippen LogP contribution in [0.15, 0.2) is 121 Å². The molecule has 4 heterocycles. The van der Waals surface area contributed by atoms with Gasteiger partial charge in [-0.15, -0.1) is 0 Å². The van der Waals surface area contributed by atoms with Crippen LogP contribution < -0.4 is 0 Å². The van der Waals surface area contributed by atoms with Crippen LogP contribution in [0.25, 0.3) is 66.1 Å². The molecule has 0 unspecified atom stereocenters. The van der Waals surface area contributed by atoms with Crippen LogP contribution in [0.4, 0.5) is 26.3 Å². The molecule has 4 aromatic heterocycles. The van der Waals surface area contributed by atoms with Gasteiger partial charge in [0.2, 0.25) is 5.41 Å². The first-order valence-electron chi connectivity index (χ1n) is 18.5. The predicted molar refractivity (Wildman–Crippen MR) is 215 cm³/mol. The molecule has 0 aliphatic carbocycles. The third-order valence-corrected chi connectivity index (χ3v) is 10.7. The largest absolute Gasteiger partial charge is 0.411 e. The first kappa shape index (κ1) is 38.0. The molecule has 0 N–H and O–H groups in total. The van der Waals surface area contributed by atoms with Crippen molar-refractivity contribution in [1.82, 2.24) is 19.9 Å². The molecule has 0 saturated carbocycles. The summed E-state index contributed by atoms with van der Waals surface area (Å²) in [7, 11) is 0. The van der Waals surface area contributed by atoms with Crippen LogP contribution in [-0.4, -0.2) is 32.3 Å². The van der Waals surface area contributed by atoms with Crippen molar-refractivity contribution in [1.29, 1.82) is 0 Å². The smallest absolute Gasteiger partial charge is 0.250 e. The lowest BCUT2D eigenvalue weighted by Crippen LogP contribution is -2.54. The summed E-state index contributed by atoms with van der Waals surface area (Å²) in [5.74, 6) is 0. The highest BCUT2D eigenvalue weighted by molar-refractivity contribution is 6.04. The SMILES string of the molecule is CC(C)(C)c1ccc2ccc3ccc(-c4ccc(C(c5ccc(-c6ccc7ccc8ccc(C(C)(C)C)nc8c7n6)cc5)(C(F)(F)F)C(F)(F)F)cc4)nc3c2n1. The molecule has 0 radical (unpaired) electrons. The van der Waals surface area contributed by atoms with E-state index >= 15 is 26.3 Å². The normalized spacial score (nSPS) is 13.3. The summed E-state index contributed by atoms with van der Waals surface area (Å²) in [5, 5.41) is 3.32. The molecule has 0 bridgehead atoms. The van der Waals surface area contributed by atoms with Gasteiger partial charge in [-0.2, -0.15) is 26.3 Å². The van der Waals surface area contributed by atoms with Gasteiger partial charge in [-0.25, -0.2) is 19.9 Å². The summed E-state index contributed by atoms with van der Waals surface area (Å²) in [4.78, 5) is 19.4. The molecule has 0 fully saturated rings. The highest BCUT2D eigenvalue weighted by Gasteiger charge is 2.72. The lowest BCUT2D eigenvalue weighted by molar-refractivity contribution is -0.288. The van der Waals surface area contributed by atoms with Gasteiger partial charge in [0.1, 0.15) is 0 Å². The lowest BCUT2D eigenvalue weighted by Gasteiger charge is -2.38. The van der Waals surface area contributed by atoms with Crippen molar-refractivity contribution >= 4 is 43.6 Å². The first-order chi connectivity index (χ1) is 26.8. The van der Waals surface area contributed by atoms with Gasteiger partial charge in [0, 0.05) is 54.9 Å². The zero-order valence-electron chi connectivity index (χ0n) is 32.1. The molecular weight excluding hydrogens is 735 g/mol. The standard InChI is InChI=1S/C47H38F6N4/c1-43(2,3)37-25-17-31-9-7-29-15-23-35(54-39(29)41(31)56-37)27-11-19-33(20-12-27)45(46(48,49)50,47(51,52)53)34-21-13-28(14-22-34)36-24-16-30-8-10-32-18-26-38(44(4,5)6)57-42(32)40(30)55-36/h7-26H,1-6H3. The molecule has 0 saturated heterocycles. The third-order valence-electron chi connectivity index (χ3n) is 10.7. The quantitative estimate of drug-likeness (QED) is 0.132. The van der Waals surface area contributed by atoms with Crippen LogP contribution in [0.3, 0.4) is 0 Å². The summed E-state index contributed by atoms with van der Waals surface area (Å²) in [5.41, 5.74) is -1.01. The zero-order chi connectivity index (χ0) is 40.7. The number of nitrogens with zero attached hydrogens (tertiary/aromatic N) is 4. The van der Waals surface area contributed by atoms with Crippen LogP contribution in [0.5, 0.6) is 0 Å². The monoisotopic (exact) mass is 772 g/mol. The molecule has 57 heavy (non-hydrogen) atoms. The first-order valence-corrected chi connectivity index (χ1v) is 18.5. The molecule has 8 rings (SSSR count). The number of halogens is 6. The summed E-state index contributed by atoms with van der Waals surface area (Å²) < 4.78 is 91.3. The van der Waals surface area contributed by atoms with Crippen LogP contribution in [-0.2, 0) is 16.2 Å². The number of rotatable bonds is 4. The molecule has 8 aromatic rings.